The van der Waals surface area contributed by atoms with Gasteiger partial charge in [-0.05, 0) is 44.7 Å². The summed E-state index contributed by atoms with van der Waals surface area (Å²) in [5, 5.41) is 0. The van der Waals surface area contributed by atoms with Gasteiger partial charge in [-0.1, -0.05) is 35.7 Å². The predicted octanol–water partition coefficient (Wildman–Crippen LogP) is 5.12. The summed E-state index contributed by atoms with van der Waals surface area (Å²) in [6.45, 7) is 7.39. The Morgan fingerprint density at radius 2 is 1.79 bits per heavy atom. The summed E-state index contributed by atoms with van der Waals surface area (Å²) in [6.07, 6.45) is 4.25. The number of hydrogen-bond donors (Lipinski definition) is 0. The average molecular weight is 399 g/mol. The van der Waals surface area contributed by atoms with Crippen molar-refractivity contribution in [3.63, 3.8) is 0 Å². The molecule has 0 aliphatic heterocycles. The van der Waals surface area contributed by atoms with Gasteiger partial charge in [-0.3, -0.25) is 4.79 Å². The highest BCUT2D eigenvalue weighted by Gasteiger charge is 2.32. The van der Waals surface area contributed by atoms with Gasteiger partial charge in [0, 0.05) is 10.0 Å². The summed E-state index contributed by atoms with van der Waals surface area (Å²) >= 11 is 3.53. The van der Waals surface area contributed by atoms with Crippen LogP contribution in [-0.4, -0.2) is 19.2 Å². The van der Waals surface area contributed by atoms with Crippen molar-refractivity contribution in [1.29, 1.82) is 0 Å². The molecule has 0 saturated heterocycles. The van der Waals surface area contributed by atoms with E-state index in [1.54, 1.807) is 0 Å². The lowest BCUT2D eigenvalue weighted by molar-refractivity contribution is -0.151. The molecule has 0 bridgehead atoms. The van der Waals surface area contributed by atoms with Crippen LogP contribution in [0.2, 0.25) is 0 Å². The van der Waals surface area contributed by atoms with Gasteiger partial charge in [-0.25, -0.2) is 0 Å². The maximum absolute atomic E-state index is 12.4. The van der Waals surface area contributed by atoms with Crippen molar-refractivity contribution in [2.45, 2.75) is 53.1 Å². The largest absolute Gasteiger partial charge is 0.490 e. The number of carbonyl (C=O) groups excluding carboxylic acids is 1. The van der Waals surface area contributed by atoms with Crippen molar-refractivity contribution in [2.24, 2.45) is 11.8 Å². The fourth-order valence-electron chi connectivity index (χ4n) is 3.32. The zero-order valence-electron chi connectivity index (χ0n) is 14.8. The molecular formula is C19H27BrO4. The maximum atomic E-state index is 12.4. The van der Waals surface area contributed by atoms with Crippen molar-refractivity contribution in [3.05, 3.63) is 22.2 Å². The molecule has 134 valence electrons. The van der Waals surface area contributed by atoms with Crippen molar-refractivity contribution in [2.75, 3.05) is 13.2 Å². The van der Waals surface area contributed by atoms with E-state index in [1.807, 2.05) is 26.0 Å². The van der Waals surface area contributed by atoms with Crippen molar-refractivity contribution < 1.29 is 19.0 Å². The van der Waals surface area contributed by atoms with E-state index in [0.717, 1.165) is 35.7 Å². The molecule has 0 heterocycles. The molecular weight excluding hydrogens is 372 g/mol. The molecule has 1 aromatic rings. The summed E-state index contributed by atoms with van der Waals surface area (Å²) in [5.74, 6) is 1.84. The molecule has 1 fully saturated rings. The molecule has 1 aliphatic rings. The number of benzene rings is 1. The Labute approximate surface area is 153 Å². The first kappa shape index (κ1) is 19.1. The Morgan fingerprint density at radius 3 is 2.42 bits per heavy atom. The quantitative estimate of drug-likeness (QED) is 0.570. The number of ether oxygens (including phenoxy) is 3. The topological polar surface area (TPSA) is 44.8 Å². The molecule has 0 aromatic heterocycles. The fourth-order valence-corrected chi connectivity index (χ4v) is 3.75. The first-order valence-corrected chi connectivity index (χ1v) is 9.64. The molecule has 5 heteroatoms. The van der Waals surface area contributed by atoms with E-state index in [-0.39, 0.29) is 18.5 Å². The van der Waals surface area contributed by atoms with Crippen LogP contribution >= 0.6 is 15.9 Å². The smallest absolute Gasteiger partial charge is 0.309 e. The molecule has 0 radical (unpaired) electrons. The van der Waals surface area contributed by atoms with E-state index >= 15 is 0 Å². The van der Waals surface area contributed by atoms with Gasteiger partial charge in [0.1, 0.15) is 6.61 Å². The van der Waals surface area contributed by atoms with E-state index < -0.39 is 0 Å². The molecule has 0 amide bonds. The van der Waals surface area contributed by atoms with Crippen molar-refractivity contribution >= 4 is 21.9 Å². The Morgan fingerprint density at radius 1 is 1.12 bits per heavy atom. The van der Waals surface area contributed by atoms with Crippen LogP contribution < -0.4 is 9.47 Å². The number of hydrogen-bond acceptors (Lipinski definition) is 4. The van der Waals surface area contributed by atoms with Gasteiger partial charge in [0.2, 0.25) is 0 Å². The average Bonchev–Trinajstić information content (AvgIpc) is 3.05. The van der Waals surface area contributed by atoms with Gasteiger partial charge in [0.05, 0.1) is 19.1 Å². The Balaban J connectivity index is 2.06. The second-order valence-electron chi connectivity index (χ2n) is 6.07. The van der Waals surface area contributed by atoms with Crippen LogP contribution in [0.15, 0.2) is 16.6 Å². The van der Waals surface area contributed by atoms with Crippen molar-refractivity contribution in [3.8, 4) is 11.5 Å². The fraction of sp³-hybridized carbons (Fsp3) is 0.632. The van der Waals surface area contributed by atoms with E-state index in [0.29, 0.717) is 30.6 Å². The third-order valence-corrected chi connectivity index (χ3v) is 5.31. The molecule has 4 nitrogen and oxygen atoms in total. The van der Waals surface area contributed by atoms with Gasteiger partial charge < -0.3 is 14.2 Å². The number of carbonyl (C=O) groups is 1. The van der Waals surface area contributed by atoms with E-state index in [9.17, 15) is 4.79 Å². The van der Waals surface area contributed by atoms with E-state index in [2.05, 4.69) is 22.9 Å². The minimum atomic E-state index is -0.0712. The first-order valence-electron chi connectivity index (χ1n) is 8.85. The Hall–Kier alpha value is -1.23. The lowest BCUT2D eigenvalue weighted by atomic mass is 9.94. The molecule has 2 unspecified atom stereocenters. The molecule has 24 heavy (non-hydrogen) atoms. The predicted molar refractivity (Wildman–Crippen MR) is 97.4 cm³/mol. The lowest BCUT2D eigenvalue weighted by Gasteiger charge is -2.18. The molecule has 2 atom stereocenters. The van der Waals surface area contributed by atoms with Crippen LogP contribution in [0.5, 0.6) is 11.5 Å². The summed E-state index contributed by atoms with van der Waals surface area (Å²) in [4.78, 5) is 12.4. The monoisotopic (exact) mass is 398 g/mol. The summed E-state index contributed by atoms with van der Waals surface area (Å²) in [7, 11) is 0. The summed E-state index contributed by atoms with van der Waals surface area (Å²) in [6, 6.07) is 3.76. The maximum Gasteiger partial charge on any atom is 0.309 e. The highest BCUT2D eigenvalue weighted by atomic mass is 79.9. The van der Waals surface area contributed by atoms with Crippen LogP contribution in [0.1, 0.15) is 52.0 Å². The number of rotatable bonds is 8. The zero-order valence-corrected chi connectivity index (χ0v) is 16.4. The van der Waals surface area contributed by atoms with Crippen molar-refractivity contribution in [1.82, 2.24) is 0 Å². The minimum Gasteiger partial charge on any atom is -0.490 e. The van der Waals surface area contributed by atoms with Gasteiger partial charge in [-0.15, -0.1) is 0 Å². The third-order valence-electron chi connectivity index (χ3n) is 4.57. The standard InChI is InChI=1S/C19H27BrO4/c1-4-13-8-7-9-15(13)19(21)24-12-14-10-17(22-5-2)18(23-6-3)11-16(14)20/h10-11,13,15H,4-9,12H2,1-3H3. The molecule has 1 aliphatic carbocycles. The van der Waals surface area contributed by atoms with Crippen LogP contribution in [-0.2, 0) is 16.1 Å². The molecule has 0 spiro atoms. The van der Waals surface area contributed by atoms with Gasteiger partial charge in [0.15, 0.2) is 11.5 Å². The normalized spacial score (nSPS) is 20.0. The van der Waals surface area contributed by atoms with Crippen LogP contribution in [0.4, 0.5) is 0 Å². The van der Waals surface area contributed by atoms with Gasteiger partial charge in [-0.2, -0.15) is 0 Å². The minimum absolute atomic E-state index is 0.0582. The zero-order chi connectivity index (χ0) is 17.5. The Kier molecular flexibility index (Phi) is 7.40. The molecule has 0 N–H and O–H groups in total. The number of halogens is 1. The SMILES string of the molecule is CCOc1cc(Br)c(COC(=O)C2CCCC2CC)cc1OCC. The van der Waals surface area contributed by atoms with Crippen LogP contribution in [0.25, 0.3) is 0 Å². The second kappa shape index (κ2) is 9.30. The summed E-state index contributed by atoms with van der Waals surface area (Å²) in [5.41, 5.74) is 0.890. The third kappa shape index (κ3) is 4.65. The number of esters is 1. The molecule has 1 aromatic carbocycles. The van der Waals surface area contributed by atoms with Crippen LogP contribution in [0.3, 0.4) is 0 Å². The Bertz CT molecular complexity index is 559. The lowest BCUT2D eigenvalue weighted by Crippen LogP contribution is -2.21. The second-order valence-corrected chi connectivity index (χ2v) is 6.92. The molecule has 1 saturated carbocycles. The highest BCUT2D eigenvalue weighted by molar-refractivity contribution is 9.10. The first-order chi connectivity index (χ1) is 11.6. The molecule has 2 rings (SSSR count). The van der Waals surface area contributed by atoms with Gasteiger partial charge in [0.25, 0.3) is 0 Å². The summed E-state index contributed by atoms with van der Waals surface area (Å²) < 4.78 is 17.7. The van der Waals surface area contributed by atoms with Gasteiger partial charge >= 0.3 is 5.97 Å². The van der Waals surface area contributed by atoms with E-state index in [1.165, 1.54) is 0 Å². The van der Waals surface area contributed by atoms with E-state index in [4.69, 9.17) is 14.2 Å². The highest BCUT2D eigenvalue weighted by Crippen LogP contribution is 2.36. The van der Waals surface area contributed by atoms with Crippen LogP contribution in [0, 0.1) is 11.8 Å².